The summed E-state index contributed by atoms with van der Waals surface area (Å²) >= 11 is 0. The fourth-order valence-corrected chi connectivity index (χ4v) is 4.07. The van der Waals surface area contributed by atoms with Gasteiger partial charge in [-0.1, -0.05) is 12.1 Å². The average molecular weight is 315 g/mol. The molecule has 3 rings (SSSR count). The van der Waals surface area contributed by atoms with Crippen LogP contribution in [0.25, 0.3) is 0 Å². The van der Waals surface area contributed by atoms with Crippen LogP contribution < -0.4 is 5.56 Å². The van der Waals surface area contributed by atoms with Crippen LogP contribution in [-0.4, -0.2) is 52.0 Å². The van der Waals surface area contributed by atoms with Gasteiger partial charge in [-0.3, -0.25) is 14.5 Å². The van der Waals surface area contributed by atoms with Crippen molar-refractivity contribution < 1.29 is 4.79 Å². The van der Waals surface area contributed by atoms with Gasteiger partial charge in [0.05, 0.1) is 0 Å². The molecule has 2 saturated heterocycles. The summed E-state index contributed by atoms with van der Waals surface area (Å²) in [7, 11) is 1.66. The molecule has 2 aliphatic rings. The largest absolute Gasteiger partial charge is 0.337 e. The molecule has 2 fully saturated rings. The Labute approximate surface area is 137 Å². The summed E-state index contributed by atoms with van der Waals surface area (Å²) in [6.07, 6.45) is 6.44. The Bertz CT molecular complexity index is 656. The number of carbonyl (C=O) groups is 1. The SMILES string of the molecule is C=CCN1CCCC12CCN(C(=O)c1cccc(=O)n1C)CC2. The highest BCUT2D eigenvalue weighted by Gasteiger charge is 2.43. The fraction of sp³-hybridized carbons (Fsp3) is 0.556. The number of hydrogen-bond donors (Lipinski definition) is 0. The number of hydrogen-bond acceptors (Lipinski definition) is 3. The Kier molecular flexibility index (Phi) is 4.39. The second-order valence-electron chi connectivity index (χ2n) is 6.66. The van der Waals surface area contributed by atoms with Crippen LogP contribution in [0.2, 0.25) is 0 Å². The normalized spacial score (nSPS) is 20.8. The lowest BCUT2D eigenvalue weighted by atomic mass is 9.85. The van der Waals surface area contributed by atoms with Crippen molar-refractivity contribution in [3.8, 4) is 0 Å². The Morgan fingerprint density at radius 3 is 2.70 bits per heavy atom. The van der Waals surface area contributed by atoms with E-state index in [1.165, 1.54) is 23.5 Å². The summed E-state index contributed by atoms with van der Waals surface area (Å²) in [4.78, 5) is 28.9. The smallest absolute Gasteiger partial charge is 0.270 e. The minimum Gasteiger partial charge on any atom is -0.337 e. The average Bonchev–Trinajstić information content (AvgIpc) is 2.93. The topological polar surface area (TPSA) is 45.6 Å². The zero-order chi connectivity index (χ0) is 16.4. The van der Waals surface area contributed by atoms with Crippen LogP contribution >= 0.6 is 0 Å². The molecule has 0 aliphatic carbocycles. The lowest BCUT2D eigenvalue weighted by Gasteiger charge is -2.45. The zero-order valence-electron chi connectivity index (χ0n) is 13.8. The maximum absolute atomic E-state index is 12.7. The summed E-state index contributed by atoms with van der Waals surface area (Å²) in [5.74, 6) is -0.0340. The van der Waals surface area contributed by atoms with Crippen LogP contribution in [0.15, 0.2) is 35.6 Å². The standard InChI is InChI=1S/C18H25N3O2/c1-3-11-21-12-5-8-18(21)9-13-20(14-10-18)17(23)15-6-4-7-16(22)19(15)2/h3-4,6-7H,1,5,8-14H2,2H3. The maximum atomic E-state index is 12.7. The molecule has 1 amide bonds. The number of rotatable bonds is 3. The lowest BCUT2D eigenvalue weighted by Crippen LogP contribution is -2.53. The molecule has 5 heteroatoms. The molecule has 0 bridgehead atoms. The third-order valence-corrected chi connectivity index (χ3v) is 5.48. The van der Waals surface area contributed by atoms with E-state index in [4.69, 9.17) is 0 Å². The van der Waals surface area contributed by atoms with Gasteiger partial charge in [-0.05, 0) is 38.3 Å². The van der Waals surface area contributed by atoms with Crippen LogP contribution in [-0.2, 0) is 7.05 Å². The maximum Gasteiger partial charge on any atom is 0.270 e. The quantitative estimate of drug-likeness (QED) is 0.797. The van der Waals surface area contributed by atoms with E-state index in [9.17, 15) is 9.59 Å². The van der Waals surface area contributed by atoms with Crippen LogP contribution in [0.1, 0.15) is 36.2 Å². The van der Waals surface area contributed by atoms with E-state index in [2.05, 4.69) is 11.5 Å². The highest BCUT2D eigenvalue weighted by molar-refractivity contribution is 5.92. The van der Waals surface area contributed by atoms with E-state index in [1.807, 2.05) is 11.0 Å². The first-order valence-electron chi connectivity index (χ1n) is 8.39. The van der Waals surface area contributed by atoms with E-state index in [1.54, 1.807) is 19.2 Å². The van der Waals surface area contributed by atoms with Crippen molar-refractivity contribution in [1.29, 1.82) is 0 Å². The van der Waals surface area contributed by atoms with Crippen molar-refractivity contribution >= 4 is 5.91 Å². The van der Waals surface area contributed by atoms with E-state index < -0.39 is 0 Å². The molecule has 0 unspecified atom stereocenters. The fourth-order valence-electron chi connectivity index (χ4n) is 4.07. The van der Waals surface area contributed by atoms with Crippen molar-refractivity contribution in [2.75, 3.05) is 26.2 Å². The number of nitrogens with zero attached hydrogens (tertiary/aromatic N) is 3. The van der Waals surface area contributed by atoms with Crippen LogP contribution in [0.4, 0.5) is 0 Å². The summed E-state index contributed by atoms with van der Waals surface area (Å²) in [5.41, 5.74) is 0.577. The zero-order valence-corrected chi connectivity index (χ0v) is 13.8. The number of likely N-dealkylation sites (tertiary alicyclic amines) is 2. The summed E-state index contributed by atoms with van der Waals surface area (Å²) in [5, 5.41) is 0. The molecule has 0 N–H and O–H groups in total. The van der Waals surface area contributed by atoms with Crippen LogP contribution in [0, 0.1) is 0 Å². The predicted molar refractivity (Wildman–Crippen MR) is 90.6 cm³/mol. The Hall–Kier alpha value is -1.88. The molecule has 5 nitrogen and oxygen atoms in total. The lowest BCUT2D eigenvalue weighted by molar-refractivity contribution is 0.0444. The molecule has 0 aromatic carbocycles. The summed E-state index contributed by atoms with van der Waals surface area (Å²) in [6.45, 7) is 7.45. The van der Waals surface area contributed by atoms with Gasteiger partial charge in [-0.15, -0.1) is 6.58 Å². The molecule has 2 aliphatic heterocycles. The van der Waals surface area contributed by atoms with E-state index in [-0.39, 0.29) is 17.0 Å². The van der Waals surface area contributed by atoms with Gasteiger partial charge in [0, 0.05) is 38.3 Å². The van der Waals surface area contributed by atoms with Crippen LogP contribution in [0.5, 0.6) is 0 Å². The molecule has 3 heterocycles. The van der Waals surface area contributed by atoms with E-state index in [0.29, 0.717) is 5.69 Å². The molecule has 0 saturated carbocycles. The van der Waals surface area contributed by atoms with Gasteiger partial charge >= 0.3 is 0 Å². The second kappa shape index (κ2) is 6.32. The van der Waals surface area contributed by atoms with Gasteiger partial charge in [0.1, 0.15) is 5.69 Å². The van der Waals surface area contributed by atoms with Gasteiger partial charge < -0.3 is 9.47 Å². The molecule has 1 spiro atoms. The third-order valence-electron chi connectivity index (χ3n) is 5.48. The highest BCUT2D eigenvalue weighted by atomic mass is 16.2. The van der Waals surface area contributed by atoms with Crippen LogP contribution in [0.3, 0.4) is 0 Å². The van der Waals surface area contributed by atoms with Gasteiger partial charge in [-0.25, -0.2) is 0 Å². The molecule has 1 aromatic rings. The molecule has 1 aromatic heterocycles. The molecule has 124 valence electrons. The number of aromatic nitrogens is 1. The van der Waals surface area contributed by atoms with E-state index >= 15 is 0 Å². The predicted octanol–water partition coefficient (Wildman–Crippen LogP) is 1.64. The first-order valence-corrected chi connectivity index (χ1v) is 8.39. The van der Waals surface area contributed by atoms with Crippen molar-refractivity contribution in [2.45, 2.75) is 31.2 Å². The van der Waals surface area contributed by atoms with Gasteiger partial charge in [-0.2, -0.15) is 0 Å². The minimum absolute atomic E-state index is 0.0340. The molecule has 0 radical (unpaired) electrons. The first-order chi connectivity index (χ1) is 11.1. The number of carbonyl (C=O) groups excluding carboxylic acids is 1. The number of pyridine rings is 1. The number of amides is 1. The monoisotopic (exact) mass is 315 g/mol. The molecular formula is C18H25N3O2. The Morgan fingerprint density at radius 2 is 2.00 bits per heavy atom. The molecule has 0 atom stereocenters. The molecule has 23 heavy (non-hydrogen) atoms. The van der Waals surface area contributed by atoms with Crippen molar-refractivity contribution in [3.63, 3.8) is 0 Å². The highest BCUT2D eigenvalue weighted by Crippen LogP contribution is 2.38. The van der Waals surface area contributed by atoms with Gasteiger partial charge in [0.15, 0.2) is 0 Å². The third kappa shape index (κ3) is 2.85. The first kappa shape index (κ1) is 16.0. The number of piperidine rings is 1. The summed E-state index contributed by atoms with van der Waals surface area (Å²) in [6, 6.07) is 4.87. The Morgan fingerprint density at radius 1 is 1.26 bits per heavy atom. The second-order valence-corrected chi connectivity index (χ2v) is 6.66. The minimum atomic E-state index is -0.141. The van der Waals surface area contributed by atoms with Crippen molar-refractivity contribution in [2.24, 2.45) is 7.05 Å². The van der Waals surface area contributed by atoms with Crippen molar-refractivity contribution in [3.05, 3.63) is 46.9 Å². The van der Waals surface area contributed by atoms with Gasteiger partial charge in [0.2, 0.25) is 0 Å². The Balaban J connectivity index is 1.71. The summed E-state index contributed by atoms with van der Waals surface area (Å²) < 4.78 is 1.44. The van der Waals surface area contributed by atoms with Gasteiger partial charge in [0.25, 0.3) is 11.5 Å². The van der Waals surface area contributed by atoms with E-state index in [0.717, 1.165) is 39.0 Å². The molecular weight excluding hydrogens is 290 g/mol. The van der Waals surface area contributed by atoms with Crippen molar-refractivity contribution in [1.82, 2.24) is 14.4 Å².